The van der Waals surface area contributed by atoms with Gasteiger partial charge in [0.2, 0.25) is 0 Å². The normalized spacial score (nSPS) is 15.6. The molecule has 1 aliphatic rings. The Morgan fingerprint density at radius 3 is 3.40 bits per heavy atom. The van der Waals surface area contributed by atoms with E-state index in [1.54, 1.807) is 0 Å². The highest BCUT2D eigenvalue weighted by Gasteiger charge is 2.04. The van der Waals surface area contributed by atoms with Crippen molar-refractivity contribution in [1.82, 2.24) is 10.3 Å². The maximum Gasteiger partial charge on any atom is 0.0656 e. The van der Waals surface area contributed by atoms with Crippen LogP contribution in [0.2, 0.25) is 0 Å². The van der Waals surface area contributed by atoms with E-state index >= 15 is 0 Å². The zero-order chi connectivity index (χ0) is 6.81. The van der Waals surface area contributed by atoms with E-state index in [2.05, 4.69) is 15.6 Å². The Morgan fingerprint density at radius 1 is 1.50 bits per heavy atom. The molecule has 0 aromatic carbocycles. The van der Waals surface area contributed by atoms with Crippen LogP contribution in [0.25, 0.3) is 0 Å². The second-order valence-electron chi connectivity index (χ2n) is 2.31. The van der Waals surface area contributed by atoms with E-state index < -0.39 is 0 Å². The highest BCUT2D eigenvalue weighted by molar-refractivity contribution is 5.49. The maximum absolute atomic E-state index is 4.01. The molecule has 0 amide bonds. The molecule has 0 saturated heterocycles. The fraction of sp³-hybridized carbons (Fsp3) is 0.286. The average Bonchev–Trinajstić information content (AvgIpc) is 2.05. The van der Waals surface area contributed by atoms with Gasteiger partial charge in [-0.2, -0.15) is 0 Å². The van der Waals surface area contributed by atoms with E-state index in [4.69, 9.17) is 0 Å². The molecule has 2 heterocycles. The molecule has 2 rings (SSSR count). The number of fused-ring (bicyclic) bond motifs is 1. The minimum Gasteiger partial charge on any atom is -0.371 e. The monoisotopic (exact) mass is 135 g/mol. The van der Waals surface area contributed by atoms with Crippen LogP contribution in [-0.2, 0) is 6.54 Å². The highest BCUT2D eigenvalue weighted by atomic mass is 15.1. The van der Waals surface area contributed by atoms with E-state index in [0.717, 1.165) is 18.9 Å². The number of anilines is 1. The first-order valence-electron chi connectivity index (χ1n) is 3.34. The van der Waals surface area contributed by atoms with Crippen LogP contribution in [0.15, 0.2) is 18.5 Å². The second kappa shape index (κ2) is 2.27. The lowest BCUT2D eigenvalue weighted by atomic mass is 10.2. The molecule has 1 aromatic heterocycles. The standard InChI is InChI=1S/C7H9N3/c1-2-8-4-7-6(1)3-9-5-10-7/h1-2,4,9-10H,3,5H2. The Labute approximate surface area is 59.5 Å². The Bertz CT molecular complexity index is 209. The average molecular weight is 135 g/mol. The highest BCUT2D eigenvalue weighted by Crippen LogP contribution is 2.14. The van der Waals surface area contributed by atoms with Crippen molar-refractivity contribution in [3.63, 3.8) is 0 Å². The van der Waals surface area contributed by atoms with Gasteiger partial charge in [0.15, 0.2) is 0 Å². The van der Waals surface area contributed by atoms with Crippen molar-refractivity contribution in [2.45, 2.75) is 6.54 Å². The zero-order valence-corrected chi connectivity index (χ0v) is 5.59. The molecule has 0 bridgehead atoms. The smallest absolute Gasteiger partial charge is 0.0656 e. The molecular formula is C7H9N3. The van der Waals surface area contributed by atoms with Crippen LogP contribution >= 0.6 is 0 Å². The number of rotatable bonds is 0. The lowest BCUT2D eigenvalue weighted by Crippen LogP contribution is -2.27. The predicted octanol–water partition coefficient (Wildman–Crippen LogP) is 0.554. The summed E-state index contributed by atoms with van der Waals surface area (Å²) >= 11 is 0. The molecule has 1 aliphatic heterocycles. The lowest BCUT2D eigenvalue weighted by molar-refractivity contribution is 0.707. The summed E-state index contributed by atoms with van der Waals surface area (Å²) in [5, 5.41) is 6.39. The molecule has 0 aliphatic carbocycles. The predicted molar refractivity (Wildman–Crippen MR) is 39.6 cm³/mol. The first-order chi connectivity index (χ1) is 4.97. The molecule has 10 heavy (non-hydrogen) atoms. The van der Waals surface area contributed by atoms with Gasteiger partial charge in [0, 0.05) is 12.7 Å². The Kier molecular flexibility index (Phi) is 1.29. The van der Waals surface area contributed by atoms with E-state index in [9.17, 15) is 0 Å². The zero-order valence-electron chi connectivity index (χ0n) is 5.59. The Balaban J connectivity index is 2.41. The van der Waals surface area contributed by atoms with E-state index in [0.29, 0.717) is 0 Å². The summed E-state index contributed by atoms with van der Waals surface area (Å²) in [7, 11) is 0. The number of nitrogens with one attached hydrogen (secondary N) is 2. The third-order valence-electron chi connectivity index (χ3n) is 1.63. The van der Waals surface area contributed by atoms with Crippen LogP contribution in [0.1, 0.15) is 5.56 Å². The Hall–Kier alpha value is -1.09. The molecule has 0 fully saturated rings. The van der Waals surface area contributed by atoms with Gasteiger partial charge in [-0.05, 0) is 11.6 Å². The van der Waals surface area contributed by atoms with Crippen molar-refractivity contribution in [3.8, 4) is 0 Å². The van der Waals surface area contributed by atoms with Gasteiger partial charge in [-0.1, -0.05) is 0 Å². The fourth-order valence-corrected chi connectivity index (χ4v) is 1.09. The van der Waals surface area contributed by atoms with Crippen molar-refractivity contribution >= 4 is 5.69 Å². The second-order valence-corrected chi connectivity index (χ2v) is 2.31. The van der Waals surface area contributed by atoms with Crippen LogP contribution in [0.4, 0.5) is 5.69 Å². The van der Waals surface area contributed by atoms with Crippen LogP contribution in [0, 0.1) is 0 Å². The van der Waals surface area contributed by atoms with Gasteiger partial charge in [-0.25, -0.2) is 0 Å². The SMILES string of the molecule is c1cc2c(cn1)NCNC2. The lowest BCUT2D eigenvalue weighted by Gasteiger charge is -2.17. The number of aromatic nitrogens is 1. The molecule has 52 valence electrons. The Morgan fingerprint density at radius 2 is 2.50 bits per heavy atom. The molecule has 0 radical (unpaired) electrons. The fourth-order valence-electron chi connectivity index (χ4n) is 1.09. The first-order valence-corrected chi connectivity index (χ1v) is 3.34. The van der Waals surface area contributed by atoms with Gasteiger partial charge in [0.25, 0.3) is 0 Å². The largest absolute Gasteiger partial charge is 0.371 e. The summed E-state index contributed by atoms with van der Waals surface area (Å²) in [5.41, 5.74) is 2.45. The van der Waals surface area contributed by atoms with Crippen LogP contribution in [0.3, 0.4) is 0 Å². The molecule has 0 atom stereocenters. The number of hydrogen-bond donors (Lipinski definition) is 2. The number of pyridine rings is 1. The molecule has 2 N–H and O–H groups in total. The van der Waals surface area contributed by atoms with Crippen molar-refractivity contribution in [1.29, 1.82) is 0 Å². The van der Waals surface area contributed by atoms with Gasteiger partial charge < -0.3 is 5.32 Å². The van der Waals surface area contributed by atoms with E-state index in [1.807, 2.05) is 18.5 Å². The third kappa shape index (κ3) is 0.844. The van der Waals surface area contributed by atoms with Gasteiger partial charge in [-0.15, -0.1) is 0 Å². The van der Waals surface area contributed by atoms with E-state index in [1.165, 1.54) is 5.56 Å². The topological polar surface area (TPSA) is 37.0 Å². The molecule has 3 heteroatoms. The summed E-state index contributed by atoms with van der Waals surface area (Å²) in [6, 6.07) is 2.02. The van der Waals surface area contributed by atoms with Crippen molar-refractivity contribution < 1.29 is 0 Å². The molecule has 0 unspecified atom stereocenters. The first kappa shape index (κ1) is 5.68. The van der Waals surface area contributed by atoms with Gasteiger partial charge in [0.1, 0.15) is 0 Å². The summed E-state index contributed by atoms with van der Waals surface area (Å²) in [6.07, 6.45) is 3.67. The van der Waals surface area contributed by atoms with Crippen LogP contribution < -0.4 is 10.6 Å². The van der Waals surface area contributed by atoms with Crippen LogP contribution in [0.5, 0.6) is 0 Å². The quantitative estimate of drug-likeness (QED) is 0.545. The summed E-state index contributed by atoms with van der Waals surface area (Å²) in [5.74, 6) is 0. The minimum absolute atomic E-state index is 0.846. The molecule has 1 aromatic rings. The summed E-state index contributed by atoms with van der Waals surface area (Å²) < 4.78 is 0. The molecule has 0 spiro atoms. The number of hydrogen-bond acceptors (Lipinski definition) is 3. The van der Waals surface area contributed by atoms with Crippen molar-refractivity contribution in [3.05, 3.63) is 24.0 Å². The van der Waals surface area contributed by atoms with Gasteiger partial charge >= 0.3 is 0 Å². The summed E-state index contributed by atoms with van der Waals surface area (Å²) in [6.45, 7) is 1.80. The molecule has 0 saturated carbocycles. The summed E-state index contributed by atoms with van der Waals surface area (Å²) in [4.78, 5) is 4.01. The van der Waals surface area contributed by atoms with E-state index in [-0.39, 0.29) is 0 Å². The minimum atomic E-state index is 0.846. The number of nitrogens with zero attached hydrogens (tertiary/aromatic N) is 1. The third-order valence-corrected chi connectivity index (χ3v) is 1.63. The molecule has 3 nitrogen and oxygen atoms in total. The van der Waals surface area contributed by atoms with Crippen molar-refractivity contribution in [2.75, 3.05) is 12.0 Å². The van der Waals surface area contributed by atoms with Crippen LogP contribution in [-0.4, -0.2) is 11.7 Å². The van der Waals surface area contributed by atoms with Crippen molar-refractivity contribution in [2.24, 2.45) is 0 Å². The van der Waals surface area contributed by atoms with Gasteiger partial charge in [-0.3, -0.25) is 10.3 Å². The maximum atomic E-state index is 4.01. The molecular weight excluding hydrogens is 126 g/mol. The van der Waals surface area contributed by atoms with Gasteiger partial charge in [0.05, 0.1) is 18.6 Å².